The fraction of sp³-hybridized carbons (Fsp3) is 0.150. The topological polar surface area (TPSA) is 138 Å². The number of nitro groups is 1. The first kappa shape index (κ1) is 17.9. The van der Waals surface area contributed by atoms with Gasteiger partial charge in [-0.25, -0.2) is 15.0 Å². The lowest BCUT2D eigenvalue weighted by molar-refractivity contribution is -0.384. The Kier molecular flexibility index (Phi) is 4.16. The molecule has 0 amide bonds. The number of ether oxygens (including phenoxy) is 2. The second kappa shape index (κ2) is 6.99. The standard InChI is InChI=1S/C20H16N6O4/c21-19-18-20(23-9-22-19)25-14(11-1-4-13(5-2-11)26(27)28)8-15(24-18)12-3-6-16-17(7-12)30-10-29-16/h1-7,9,14H,8,10H2,(H3,21,22,23,25). The maximum atomic E-state index is 11.0. The highest BCUT2D eigenvalue weighted by molar-refractivity contribution is 6.05. The number of non-ortho nitro benzene ring substituents is 1. The minimum Gasteiger partial charge on any atom is -0.454 e. The van der Waals surface area contributed by atoms with E-state index in [9.17, 15) is 10.1 Å². The lowest BCUT2D eigenvalue weighted by Crippen LogP contribution is -2.15. The van der Waals surface area contributed by atoms with Crippen LogP contribution in [0.15, 0.2) is 53.8 Å². The average molecular weight is 404 g/mol. The second-order valence-electron chi connectivity index (χ2n) is 6.83. The van der Waals surface area contributed by atoms with Gasteiger partial charge >= 0.3 is 0 Å². The monoisotopic (exact) mass is 404 g/mol. The van der Waals surface area contributed by atoms with E-state index in [1.54, 1.807) is 12.1 Å². The molecular weight excluding hydrogens is 388 g/mol. The zero-order valence-electron chi connectivity index (χ0n) is 15.6. The number of aromatic nitrogens is 2. The van der Waals surface area contributed by atoms with Crippen molar-refractivity contribution in [1.29, 1.82) is 0 Å². The Morgan fingerprint density at radius 1 is 1.10 bits per heavy atom. The summed E-state index contributed by atoms with van der Waals surface area (Å²) in [5, 5.41) is 14.3. The van der Waals surface area contributed by atoms with E-state index in [0.29, 0.717) is 29.4 Å². The lowest BCUT2D eigenvalue weighted by atomic mass is 9.97. The van der Waals surface area contributed by atoms with Gasteiger partial charge in [-0.15, -0.1) is 0 Å². The van der Waals surface area contributed by atoms with E-state index in [1.807, 2.05) is 18.2 Å². The molecular formula is C20H16N6O4. The van der Waals surface area contributed by atoms with Gasteiger partial charge in [0.2, 0.25) is 6.79 Å². The Labute approximate surface area is 170 Å². The third kappa shape index (κ3) is 3.13. The lowest BCUT2D eigenvalue weighted by Gasteiger charge is -2.18. The van der Waals surface area contributed by atoms with Gasteiger partial charge in [-0.3, -0.25) is 10.1 Å². The minimum absolute atomic E-state index is 0.0315. The highest BCUT2D eigenvalue weighted by Gasteiger charge is 2.25. The van der Waals surface area contributed by atoms with Crippen LogP contribution in [-0.4, -0.2) is 27.4 Å². The van der Waals surface area contributed by atoms with Crippen molar-refractivity contribution in [2.45, 2.75) is 12.5 Å². The summed E-state index contributed by atoms with van der Waals surface area (Å²) in [7, 11) is 0. The van der Waals surface area contributed by atoms with Crippen molar-refractivity contribution in [2.75, 3.05) is 17.8 Å². The molecule has 0 bridgehead atoms. The fourth-order valence-electron chi connectivity index (χ4n) is 3.49. The van der Waals surface area contributed by atoms with Gasteiger partial charge in [-0.05, 0) is 29.3 Å². The van der Waals surface area contributed by atoms with E-state index in [0.717, 1.165) is 16.8 Å². The van der Waals surface area contributed by atoms with Crippen LogP contribution in [0.2, 0.25) is 0 Å². The number of hydrogen-bond donors (Lipinski definition) is 2. The smallest absolute Gasteiger partial charge is 0.269 e. The number of benzene rings is 2. The van der Waals surface area contributed by atoms with E-state index in [2.05, 4.69) is 15.3 Å². The van der Waals surface area contributed by atoms with Crippen LogP contribution in [0.5, 0.6) is 11.5 Å². The SMILES string of the molecule is Nc1ncnc2c1N=C(c1ccc3c(c1)OCO3)CC(c1ccc([N+](=O)[O-])cc1)N2. The summed E-state index contributed by atoms with van der Waals surface area (Å²) in [5.41, 5.74) is 9.01. The van der Waals surface area contributed by atoms with Crippen molar-refractivity contribution in [3.8, 4) is 11.5 Å². The van der Waals surface area contributed by atoms with Gasteiger partial charge in [-0.2, -0.15) is 0 Å². The van der Waals surface area contributed by atoms with Gasteiger partial charge in [0.05, 0.1) is 16.7 Å². The molecule has 0 radical (unpaired) electrons. The third-order valence-electron chi connectivity index (χ3n) is 5.02. The maximum absolute atomic E-state index is 11.0. The summed E-state index contributed by atoms with van der Waals surface area (Å²) < 4.78 is 10.9. The number of aliphatic imine (C=N–C) groups is 1. The first-order chi connectivity index (χ1) is 14.6. The molecule has 10 heteroatoms. The summed E-state index contributed by atoms with van der Waals surface area (Å²) in [6, 6.07) is 11.8. The molecule has 2 aromatic carbocycles. The third-order valence-corrected chi connectivity index (χ3v) is 5.02. The molecule has 10 nitrogen and oxygen atoms in total. The maximum Gasteiger partial charge on any atom is 0.269 e. The molecule has 5 rings (SSSR count). The largest absolute Gasteiger partial charge is 0.454 e. The van der Waals surface area contributed by atoms with Crippen molar-refractivity contribution < 1.29 is 14.4 Å². The minimum atomic E-state index is -0.424. The Bertz CT molecular complexity index is 1180. The Hall–Kier alpha value is -4.21. The van der Waals surface area contributed by atoms with E-state index >= 15 is 0 Å². The van der Waals surface area contributed by atoms with Crippen molar-refractivity contribution in [3.63, 3.8) is 0 Å². The van der Waals surface area contributed by atoms with Crippen LogP contribution in [0.1, 0.15) is 23.6 Å². The predicted octanol–water partition coefficient (Wildman–Crippen LogP) is 3.37. The summed E-state index contributed by atoms with van der Waals surface area (Å²) in [6.07, 6.45) is 1.86. The van der Waals surface area contributed by atoms with Crippen molar-refractivity contribution in [2.24, 2.45) is 4.99 Å². The summed E-state index contributed by atoms with van der Waals surface area (Å²) >= 11 is 0. The zero-order chi connectivity index (χ0) is 20.7. The van der Waals surface area contributed by atoms with Crippen molar-refractivity contribution in [1.82, 2.24) is 9.97 Å². The van der Waals surface area contributed by atoms with Gasteiger partial charge in [0, 0.05) is 18.6 Å². The molecule has 2 aliphatic rings. The highest BCUT2D eigenvalue weighted by Crippen LogP contribution is 2.39. The molecule has 0 saturated carbocycles. The Balaban J connectivity index is 1.58. The number of fused-ring (bicyclic) bond motifs is 2. The Morgan fingerprint density at radius 3 is 2.70 bits per heavy atom. The molecule has 3 N–H and O–H groups in total. The molecule has 3 aromatic rings. The number of nitrogens with one attached hydrogen (secondary N) is 1. The average Bonchev–Trinajstić information content (AvgIpc) is 3.13. The summed E-state index contributed by atoms with van der Waals surface area (Å²) in [5.74, 6) is 2.09. The van der Waals surface area contributed by atoms with Gasteiger partial charge in [0.1, 0.15) is 12.0 Å². The predicted molar refractivity (Wildman–Crippen MR) is 109 cm³/mol. The number of rotatable bonds is 3. The highest BCUT2D eigenvalue weighted by atomic mass is 16.7. The molecule has 0 saturated heterocycles. The molecule has 0 fully saturated rings. The van der Waals surface area contributed by atoms with E-state index in [-0.39, 0.29) is 24.3 Å². The second-order valence-corrected chi connectivity index (χ2v) is 6.83. The van der Waals surface area contributed by atoms with E-state index in [1.165, 1.54) is 18.5 Å². The molecule has 1 atom stereocenters. The van der Waals surface area contributed by atoms with Crippen LogP contribution in [0.4, 0.5) is 23.0 Å². The number of nitro benzene ring substituents is 1. The van der Waals surface area contributed by atoms with Crippen LogP contribution in [0.25, 0.3) is 0 Å². The van der Waals surface area contributed by atoms with Crippen molar-refractivity contribution in [3.05, 3.63) is 70.0 Å². The number of nitrogens with two attached hydrogens (primary N) is 1. The molecule has 3 heterocycles. The molecule has 1 unspecified atom stereocenters. The van der Waals surface area contributed by atoms with Crippen LogP contribution in [-0.2, 0) is 0 Å². The van der Waals surface area contributed by atoms with Crippen LogP contribution < -0.4 is 20.5 Å². The molecule has 1 aromatic heterocycles. The first-order valence-corrected chi connectivity index (χ1v) is 9.17. The van der Waals surface area contributed by atoms with Crippen LogP contribution in [0, 0.1) is 10.1 Å². The molecule has 2 aliphatic heterocycles. The van der Waals surface area contributed by atoms with Gasteiger partial charge in [0.25, 0.3) is 5.69 Å². The first-order valence-electron chi connectivity index (χ1n) is 9.17. The quantitative estimate of drug-likeness (QED) is 0.500. The number of nitrogens with zero attached hydrogens (tertiary/aromatic N) is 4. The molecule has 150 valence electrons. The Morgan fingerprint density at radius 2 is 1.90 bits per heavy atom. The van der Waals surface area contributed by atoms with Crippen LogP contribution in [0.3, 0.4) is 0 Å². The van der Waals surface area contributed by atoms with E-state index < -0.39 is 4.92 Å². The molecule has 30 heavy (non-hydrogen) atoms. The molecule has 0 spiro atoms. The number of nitrogen functional groups attached to an aromatic ring is 1. The normalized spacial score (nSPS) is 16.8. The summed E-state index contributed by atoms with van der Waals surface area (Å²) in [6.45, 7) is 0.182. The van der Waals surface area contributed by atoms with Gasteiger partial charge < -0.3 is 20.5 Å². The number of hydrogen-bond acceptors (Lipinski definition) is 9. The van der Waals surface area contributed by atoms with Gasteiger partial charge in [-0.1, -0.05) is 12.1 Å². The zero-order valence-corrected chi connectivity index (χ0v) is 15.6. The van der Waals surface area contributed by atoms with Gasteiger partial charge in [0.15, 0.2) is 23.1 Å². The van der Waals surface area contributed by atoms with E-state index in [4.69, 9.17) is 20.2 Å². The van der Waals surface area contributed by atoms with Crippen LogP contribution >= 0.6 is 0 Å². The summed E-state index contributed by atoms with van der Waals surface area (Å²) in [4.78, 5) is 23.7. The fourth-order valence-corrected chi connectivity index (χ4v) is 3.49. The van der Waals surface area contributed by atoms with Crippen molar-refractivity contribution >= 4 is 28.7 Å². The molecule has 0 aliphatic carbocycles. The number of anilines is 2.